The molecule has 0 aliphatic carbocycles. The molecule has 0 atom stereocenters. The Morgan fingerprint density at radius 2 is 1.08 bits per heavy atom. The molecular formula is C45H29N4U+. The van der Waals surface area contributed by atoms with E-state index in [0.717, 1.165) is 72.7 Å². The number of rotatable bonds is 6. The normalized spacial score (nSPS) is 11.0. The summed E-state index contributed by atoms with van der Waals surface area (Å²) in [4.78, 5) is 13.6. The molecule has 2 heterocycles. The summed E-state index contributed by atoms with van der Waals surface area (Å²) >= 11 is 0. The van der Waals surface area contributed by atoms with Crippen molar-refractivity contribution in [3.63, 3.8) is 0 Å². The van der Waals surface area contributed by atoms with Gasteiger partial charge in [0.2, 0.25) is 0 Å². The quantitative estimate of drug-likeness (QED) is 0.156. The fraction of sp³-hybridized carbons (Fsp3) is 0. The minimum atomic E-state index is 0. The van der Waals surface area contributed by atoms with Crippen molar-refractivity contribution in [3.05, 3.63) is 182 Å². The average Bonchev–Trinajstić information content (AvgIpc) is 3.52. The molecule has 9 aromatic rings. The largest absolute Gasteiger partial charge is 2.00 e. The van der Waals surface area contributed by atoms with E-state index < -0.39 is 0 Å². The van der Waals surface area contributed by atoms with Gasteiger partial charge in [0.1, 0.15) is 0 Å². The Hall–Kier alpha value is -5.60. The first-order valence-electron chi connectivity index (χ1n) is 16.3. The molecule has 0 saturated heterocycles. The van der Waals surface area contributed by atoms with E-state index in [2.05, 4.69) is 137 Å². The van der Waals surface area contributed by atoms with Crippen LogP contribution in [0.15, 0.2) is 170 Å². The van der Waals surface area contributed by atoms with Gasteiger partial charge < -0.3 is 4.57 Å². The van der Waals surface area contributed by atoms with E-state index >= 15 is 0 Å². The number of hydrogen-bond donors (Lipinski definition) is 0. The molecule has 232 valence electrons. The number of fused-ring (bicyclic) bond motifs is 3. The molecule has 7 aromatic carbocycles. The van der Waals surface area contributed by atoms with E-state index in [1.807, 2.05) is 54.6 Å². The number of benzene rings is 7. The molecule has 0 fully saturated rings. The summed E-state index contributed by atoms with van der Waals surface area (Å²) in [5.41, 5.74) is 10.5. The molecule has 0 unspecified atom stereocenters. The van der Waals surface area contributed by atoms with Gasteiger partial charge in [0, 0.05) is 16.5 Å². The van der Waals surface area contributed by atoms with E-state index in [4.69, 9.17) is 9.97 Å². The Morgan fingerprint density at radius 1 is 0.460 bits per heavy atom. The van der Waals surface area contributed by atoms with Crippen LogP contribution < -0.4 is 4.98 Å². The first-order valence-corrected chi connectivity index (χ1v) is 16.3. The Balaban J connectivity index is 0.00000361. The van der Waals surface area contributed by atoms with Crippen LogP contribution in [-0.2, 0) is 0 Å². The summed E-state index contributed by atoms with van der Waals surface area (Å²) in [7, 11) is 0. The molecule has 0 radical (unpaired) electrons. The SMILES string of the molecule is [U+2].[c-]1ccccc1-c1[c-]c(-c2ccc3c(c2)c2ccc(-c4nc(-c5ccccc5)[nH+]c(-c5ccccc5)n4)cc2n3-c2ccccc2)ccc1. The first-order chi connectivity index (χ1) is 24.3. The number of nitrogens with one attached hydrogen (secondary N) is 1. The smallest absolute Gasteiger partial charge is 0.309 e. The molecule has 1 N–H and O–H groups in total. The number of para-hydroxylation sites is 1. The third-order valence-electron chi connectivity index (χ3n) is 8.91. The average molecular weight is 864 g/mol. The first kappa shape index (κ1) is 31.7. The van der Waals surface area contributed by atoms with E-state index in [9.17, 15) is 0 Å². The van der Waals surface area contributed by atoms with Gasteiger partial charge in [-0.15, -0.1) is 23.8 Å². The second kappa shape index (κ2) is 13.7. The third kappa shape index (κ3) is 5.96. The molecule has 0 saturated carbocycles. The van der Waals surface area contributed by atoms with Gasteiger partial charge in [-0.05, 0) is 54.6 Å². The minimum Gasteiger partial charge on any atom is -0.309 e. The van der Waals surface area contributed by atoms with Crippen molar-refractivity contribution < 1.29 is 36.1 Å². The van der Waals surface area contributed by atoms with Crippen LogP contribution in [0.4, 0.5) is 0 Å². The number of H-pyrrole nitrogens is 1. The zero-order valence-electron chi connectivity index (χ0n) is 27.0. The summed E-state index contributed by atoms with van der Waals surface area (Å²) in [5.74, 6) is 2.20. The van der Waals surface area contributed by atoms with E-state index in [0.29, 0.717) is 5.82 Å². The van der Waals surface area contributed by atoms with Crippen LogP contribution in [0.5, 0.6) is 0 Å². The van der Waals surface area contributed by atoms with Crippen LogP contribution >= 0.6 is 0 Å². The molecule has 50 heavy (non-hydrogen) atoms. The van der Waals surface area contributed by atoms with Gasteiger partial charge in [-0.25, -0.2) is 10.5 Å². The zero-order valence-corrected chi connectivity index (χ0v) is 31.2. The van der Waals surface area contributed by atoms with Gasteiger partial charge in [-0.3, -0.25) is 0 Å². The fourth-order valence-electron chi connectivity index (χ4n) is 6.54. The minimum absolute atomic E-state index is 0. The molecule has 5 heteroatoms. The van der Waals surface area contributed by atoms with Gasteiger partial charge in [0.05, 0.1) is 27.7 Å². The molecule has 0 aliphatic heterocycles. The topological polar surface area (TPSA) is 44.9 Å². The molecular weight excluding hydrogens is 835 g/mol. The Kier molecular flexibility index (Phi) is 8.69. The molecule has 4 nitrogen and oxygen atoms in total. The molecule has 0 amide bonds. The molecule has 9 rings (SSSR count). The summed E-state index contributed by atoms with van der Waals surface area (Å²) in [6.45, 7) is 0. The van der Waals surface area contributed by atoms with Gasteiger partial charge in [0.15, 0.2) is 0 Å². The maximum Gasteiger partial charge on any atom is 2.00 e. The van der Waals surface area contributed by atoms with Crippen molar-refractivity contribution in [1.29, 1.82) is 0 Å². The third-order valence-corrected chi connectivity index (χ3v) is 8.91. The molecule has 2 aromatic heterocycles. The Bertz CT molecular complexity index is 2530. The Morgan fingerprint density at radius 3 is 1.76 bits per heavy atom. The summed E-state index contributed by atoms with van der Waals surface area (Å²) in [6.07, 6.45) is 0. The maximum atomic E-state index is 5.07. The predicted molar refractivity (Wildman–Crippen MR) is 198 cm³/mol. The van der Waals surface area contributed by atoms with Gasteiger partial charge in [-0.2, -0.15) is 42.0 Å². The van der Waals surface area contributed by atoms with Crippen LogP contribution in [0.25, 0.3) is 83.9 Å². The van der Waals surface area contributed by atoms with Crippen molar-refractivity contribution in [2.24, 2.45) is 0 Å². The number of aromatic amines is 1. The van der Waals surface area contributed by atoms with Crippen molar-refractivity contribution in [3.8, 4) is 62.1 Å². The summed E-state index contributed by atoms with van der Waals surface area (Å²) < 4.78 is 2.34. The van der Waals surface area contributed by atoms with Gasteiger partial charge in [-0.1, -0.05) is 88.3 Å². The van der Waals surface area contributed by atoms with Gasteiger partial charge in [0.25, 0.3) is 11.6 Å². The van der Waals surface area contributed by atoms with Crippen LogP contribution in [0.1, 0.15) is 0 Å². The fourth-order valence-corrected chi connectivity index (χ4v) is 6.54. The number of nitrogens with zero attached hydrogens (tertiary/aromatic N) is 3. The standard InChI is InChI=1S/C45H28N4.U/c1-5-14-31(15-6-1)34-20-13-21-35(28-34)36-25-27-41-40(29-36)39-26-24-37(30-42(39)49(41)38-22-11-4-12-23-38)45-47-43(32-16-7-2-8-17-32)46-44(48-45)33-18-9-3-10-19-33;/h1-14,16-27,29-30H;/q-2;+2/p+1. The molecule has 0 aliphatic rings. The second-order valence-electron chi connectivity index (χ2n) is 12.0. The maximum absolute atomic E-state index is 5.07. The predicted octanol–water partition coefficient (Wildman–Crippen LogP) is 10.3. The number of aromatic nitrogens is 4. The van der Waals surface area contributed by atoms with E-state index in [1.54, 1.807) is 0 Å². The number of hydrogen-bond acceptors (Lipinski definition) is 2. The zero-order chi connectivity index (χ0) is 32.6. The van der Waals surface area contributed by atoms with Crippen molar-refractivity contribution in [1.82, 2.24) is 14.5 Å². The summed E-state index contributed by atoms with van der Waals surface area (Å²) in [6, 6.07) is 65.5. The summed E-state index contributed by atoms with van der Waals surface area (Å²) in [5, 5.41) is 2.33. The van der Waals surface area contributed by atoms with E-state index in [1.165, 1.54) is 5.39 Å². The second-order valence-corrected chi connectivity index (χ2v) is 12.0. The van der Waals surface area contributed by atoms with Crippen molar-refractivity contribution >= 4 is 21.8 Å². The van der Waals surface area contributed by atoms with E-state index in [-0.39, 0.29) is 31.1 Å². The van der Waals surface area contributed by atoms with Crippen molar-refractivity contribution in [2.45, 2.75) is 0 Å². The molecule has 0 spiro atoms. The Labute approximate surface area is 314 Å². The van der Waals surface area contributed by atoms with Crippen LogP contribution in [-0.4, -0.2) is 14.5 Å². The van der Waals surface area contributed by atoms with Crippen LogP contribution in [0, 0.1) is 43.2 Å². The molecule has 0 bridgehead atoms. The van der Waals surface area contributed by atoms with Crippen molar-refractivity contribution in [2.75, 3.05) is 0 Å². The van der Waals surface area contributed by atoms with Gasteiger partial charge >= 0.3 is 36.9 Å². The van der Waals surface area contributed by atoms with Crippen LogP contribution in [0.2, 0.25) is 0 Å². The van der Waals surface area contributed by atoms with Crippen LogP contribution in [0.3, 0.4) is 0 Å². The monoisotopic (exact) mass is 863 g/mol.